The second kappa shape index (κ2) is 6.76. The summed E-state index contributed by atoms with van der Waals surface area (Å²) in [4.78, 5) is 36.7. The molecule has 7 nitrogen and oxygen atoms in total. The molecule has 1 N–H and O–H groups in total. The zero-order valence-corrected chi connectivity index (χ0v) is 14.6. The average Bonchev–Trinajstić information content (AvgIpc) is 2.59. The summed E-state index contributed by atoms with van der Waals surface area (Å²) in [7, 11) is 0. The van der Waals surface area contributed by atoms with Gasteiger partial charge in [-0.2, -0.15) is 0 Å². The number of halogens is 1. The number of nitrogens with one attached hydrogen (secondary N) is 1. The first kappa shape index (κ1) is 17.3. The van der Waals surface area contributed by atoms with Gasteiger partial charge in [0.1, 0.15) is 11.3 Å². The molecule has 0 radical (unpaired) electrons. The van der Waals surface area contributed by atoms with Crippen molar-refractivity contribution in [2.45, 2.75) is 13.8 Å². The molecule has 2 amide bonds. The van der Waals surface area contributed by atoms with Crippen LogP contribution >= 0.6 is 11.6 Å². The van der Waals surface area contributed by atoms with Gasteiger partial charge in [-0.15, -0.1) is 0 Å². The monoisotopic (exact) mass is 364 g/mol. The van der Waals surface area contributed by atoms with Gasteiger partial charge in [0.15, 0.2) is 6.61 Å². The number of carbonyl (C=O) groups excluding carboxylic acids is 2. The molecule has 1 saturated heterocycles. The Bertz CT molecular complexity index is 921. The van der Waals surface area contributed by atoms with Crippen LogP contribution in [0.1, 0.15) is 11.1 Å². The number of rotatable bonds is 3. The Kier molecular flexibility index (Phi) is 4.67. The van der Waals surface area contributed by atoms with Crippen molar-refractivity contribution in [2.75, 3.05) is 26.2 Å². The first-order valence-electron chi connectivity index (χ1n) is 7.77. The highest BCUT2D eigenvalue weighted by Crippen LogP contribution is 2.31. The van der Waals surface area contributed by atoms with Gasteiger partial charge >= 0.3 is 5.63 Å². The van der Waals surface area contributed by atoms with Gasteiger partial charge in [0.25, 0.3) is 5.91 Å². The standard InChI is InChI=1S/C17H17ClN2O5/c1-9-10(2)17(23)25-13-6-14(12(18)5-11(9)13)24-8-16(22)20-4-3-19-15(21)7-20/h5-6H,3-4,7-8H2,1-2H3,(H,19,21). The van der Waals surface area contributed by atoms with E-state index < -0.39 is 5.63 Å². The molecular formula is C17H17ClN2O5. The van der Waals surface area contributed by atoms with E-state index in [1.807, 2.05) is 6.92 Å². The predicted octanol–water partition coefficient (Wildman–Crippen LogP) is 1.40. The molecule has 1 aliphatic rings. The Morgan fingerprint density at radius 1 is 1.32 bits per heavy atom. The summed E-state index contributed by atoms with van der Waals surface area (Å²) in [6, 6.07) is 3.15. The molecule has 0 spiro atoms. The largest absolute Gasteiger partial charge is 0.482 e. The van der Waals surface area contributed by atoms with E-state index in [1.165, 1.54) is 11.0 Å². The van der Waals surface area contributed by atoms with Gasteiger partial charge in [-0.3, -0.25) is 9.59 Å². The van der Waals surface area contributed by atoms with Gasteiger partial charge in [-0.25, -0.2) is 4.79 Å². The number of benzene rings is 1. The second-order valence-corrected chi connectivity index (χ2v) is 6.28. The van der Waals surface area contributed by atoms with Crippen molar-refractivity contribution in [1.82, 2.24) is 10.2 Å². The van der Waals surface area contributed by atoms with E-state index in [1.54, 1.807) is 13.0 Å². The summed E-state index contributed by atoms with van der Waals surface area (Å²) < 4.78 is 10.8. The zero-order valence-electron chi connectivity index (χ0n) is 13.8. The summed E-state index contributed by atoms with van der Waals surface area (Å²) >= 11 is 6.23. The molecule has 0 unspecified atom stereocenters. The Morgan fingerprint density at radius 2 is 2.08 bits per heavy atom. The van der Waals surface area contributed by atoms with Crippen molar-refractivity contribution in [3.63, 3.8) is 0 Å². The minimum atomic E-state index is -0.423. The number of fused-ring (bicyclic) bond motifs is 1. The van der Waals surface area contributed by atoms with Crippen LogP contribution in [0, 0.1) is 13.8 Å². The second-order valence-electron chi connectivity index (χ2n) is 5.87. The molecule has 1 aromatic carbocycles. The zero-order chi connectivity index (χ0) is 18.1. The van der Waals surface area contributed by atoms with Gasteiger partial charge in [-0.05, 0) is 25.5 Å². The summed E-state index contributed by atoms with van der Waals surface area (Å²) in [5, 5.41) is 3.68. The van der Waals surface area contributed by atoms with Gasteiger partial charge in [-0.1, -0.05) is 11.6 Å². The first-order chi connectivity index (χ1) is 11.9. The lowest BCUT2D eigenvalue weighted by Crippen LogP contribution is -2.51. The molecule has 0 atom stereocenters. The molecule has 0 aliphatic carbocycles. The quantitative estimate of drug-likeness (QED) is 0.832. The van der Waals surface area contributed by atoms with Crippen molar-refractivity contribution < 1.29 is 18.7 Å². The van der Waals surface area contributed by atoms with Gasteiger partial charge in [0.2, 0.25) is 5.91 Å². The van der Waals surface area contributed by atoms with Crippen molar-refractivity contribution in [1.29, 1.82) is 0 Å². The molecule has 25 heavy (non-hydrogen) atoms. The molecule has 1 aliphatic heterocycles. The first-order valence-corrected chi connectivity index (χ1v) is 8.15. The van der Waals surface area contributed by atoms with Gasteiger partial charge < -0.3 is 19.4 Å². The number of aryl methyl sites for hydroxylation is 1. The molecule has 0 saturated carbocycles. The van der Waals surface area contributed by atoms with E-state index in [0.29, 0.717) is 34.6 Å². The number of hydrogen-bond donors (Lipinski definition) is 1. The molecule has 0 bridgehead atoms. The highest BCUT2D eigenvalue weighted by molar-refractivity contribution is 6.32. The van der Waals surface area contributed by atoms with Crippen LogP contribution in [-0.2, 0) is 9.59 Å². The van der Waals surface area contributed by atoms with Crippen LogP contribution in [0.2, 0.25) is 5.02 Å². The van der Waals surface area contributed by atoms with Crippen LogP contribution in [0.5, 0.6) is 5.75 Å². The fraction of sp³-hybridized carbons (Fsp3) is 0.353. The van der Waals surface area contributed by atoms with Crippen LogP contribution in [0.3, 0.4) is 0 Å². The molecule has 1 fully saturated rings. The number of hydrogen-bond acceptors (Lipinski definition) is 5. The third kappa shape index (κ3) is 3.46. The smallest absolute Gasteiger partial charge is 0.339 e. The number of piperazine rings is 1. The lowest BCUT2D eigenvalue weighted by atomic mass is 10.1. The van der Waals surface area contributed by atoms with Gasteiger partial charge in [0.05, 0.1) is 11.6 Å². The summed E-state index contributed by atoms with van der Waals surface area (Å²) in [5.41, 5.74) is 1.23. The topological polar surface area (TPSA) is 88.8 Å². The van der Waals surface area contributed by atoms with Crippen molar-refractivity contribution in [3.8, 4) is 5.75 Å². The molecule has 8 heteroatoms. The van der Waals surface area contributed by atoms with E-state index in [2.05, 4.69) is 5.32 Å². The Hall–Kier alpha value is -2.54. The summed E-state index contributed by atoms with van der Waals surface area (Å²) in [6.45, 7) is 4.12. The maximum Gasteiger partial charge on any atom is 0.339 e. The molecule has 2 aromatic rings. The molecule has 3 rings (SSSR count). The Morgan fingerprint density at radius 3 is 2.80 bits per heavy atom. The fourth-order valence-corrected chi connectivity index (χ4v) is 2.85. The maximum absolute atomic E-state index is 12.1. The van der Waals surface area contributed by atoms with Crippen molar-refractivity contribution >= 4 is 34.4 Å². The van der Waals surface area contributed by atoms with Crippen LogP contribution in [-0.4, -0.2) is 43.0 Å². The minimum Gasteiger partial charge on any atom is -0.482 e. The average molecular weight is 365 g/mol. The highest BCUT2D eigenvalue weighted by Gasteiger charge is 2.22. The van der Waals surface area contributed by atoms with E-state index in [0.717, 1.165) is 5.56 Å². The molecule has 1 aromatic heterocycles. The number of nitrogens with zero attached hydrogens (tertiary/aromatic N) is 1. The third-order valence-electron chi connectivity index (χ3n) is 4.25. The van der Waals surface area contributed by atoms with Crippen LogP contribution in [0.4, 0.5) is 0 Å². The third-order valence-corrected chi connectivity index (χ3v) is 4.55. The highest BCUT2D eigenvalue weighted by atomic mass is 35.5. The van der Waals surface area contributed by atoms with E-state index in [4.69, 9.17) is 20.8 Å². The SMILES string of the molecule is Cc1c(C)c2cc(Cl)c(OCC(=O)N3CCNC(=O)C3)cc2oc1=O. The lowest BCUT2D eigenvalue weighted by Gasteiger charge is -2.26. The van der Waals surface area contributed by atoms with Crippen molar-refractivity contribution in [2.24, 2.45) is 0 Å². The number of ether oxygens (including phenoxy) is 1. The van der Waals surface area contributed by atoms with Crippen LogP contribution in [0.25, 0.3) is 11.0 Å². The summed E-state index contributed by atoms with van der Waals surface area (Å²) in [6.07, 6.45) is 0. The minimum absolute atomic E-state index is 0.0149. The maximum atomic E-state index is 12.1. The van der Waals surface area contributed by atoms with Crippen molar-refractivity contribution in [3.05, 3.63) is 38.7 Å². The number of carbonyl (C=O) groups is 2. The Balaban J connectivity index is 1.81. The van der Waals surface area contributed by atoms with E-state index in [-0.39, 0.29) is 30.7 Å². The molecular weight excluding hydrogens is 348 g/mol. The van der Waals surface area contributed by atoms with Crippen LogP contribution in [0.15, 0.2) is 21.3 Å². The lowest BCUT2D eigenvalue weighted by molar-refractivity contribution is -0.139. The Labute approximate surface area is 148 Å². The fourth-order valence-electron chi connectivity index (χ4n) is 2.64. The van der Waals surface area contributed by atoms with E-state index in [9.17, 15) is 14.4 Å². The number of amides is 2. The van der Waals surface area contributed by atoms with E-state index >= 15 is 0 Å². The normalized spacial score (nSPS) is 14.5. The summed E-state index contributed by atoms with van der Waals surface area (Å²) in [5.74, 6) is -0.265. The molecule has 132 valence electrons. The molecule has 2 heterocycles. The van der Waals surface area contributed by atoms with Gasteiger partial charge in [0, 0.05) is 30.1 Å². The predicted molar refractivity (Wildman–Crippen MR) is 92.1 cm³/mol. The van der Waals surface area contributed by atoms with Crippen LogP contribution < -0.4 is 15.7 Å².